The van der Waals surface area contributed by atoms with Gasteiger partial charge in [0.15, 0.2) is 0 Å². The van der Waals surface area contributed by atoms with E-state index in [0.29, 0.717) is 5.56 Å². The molecule has 0 unspecified atom stereocenters. The second-order valence-corrected chi connectivity index (χ2v) is 5.01. The van der Waals surface area contributed by atoms with Crippen molar-refractivity contribution in [3.05, 3.63) is 83.2 Å². The first-order valence-corrected chi connectivity index (χ1v) is 6.62. The van der Waals surface area contributed by atoms with Crippen LogP contribution in [0.5, 0.6) is 0 Å². The summed E-state index contributed by atoms with van der Waals surface area (Å²) in [6.45, 7) is 0. The molecule has 0 spiro atoms. The molecule has 0 aliphatic heterocycles. The second-order valence-electron chi connectivity index (χ2n) is 4.09. The van der Waals surface area contributed by atoms with Crippen molar-refractivity contribution in [2.45, 2.75) is 0 Å². The number of hydrogen-bond acceptors (Lipinski definition) is 0. The molecule has 0 aromatic heterocycles. The van der Waals surface area contributed by atoms with Gasteiger partial charge in [-0.3, -0.25) is 0 Å². The predicted molar refractivity (Wildman–Crippen MR) is 85.0 cm³/mol. The molecule has 19 heavy (non-hydrogen) atoms. The van der Waals surface area contributed by atoms with Gasteiger partial charge in [-0.2, -0.15) is 0 Å². The monoisotopic (exact) mass is 313 g/mol. The molecular formula is C18H13Br. The van der Waals surface area contributed by atoms with E-state index in [1.165, 1.54) is 0 Å². The Morgan fingerprint density at radius 2 is 1.26 bits per heavy atom. The Bertz CT molecular complexity index is 908. The smallest absolute Gasteiger partial charge is 0.0622 e. The van der Waals surface area contributed by atoms with Gasteiger partial charge in [-0.05, 0) is 40.5 Å². The summed E-state index contributed by atoms with van der Waals surface area (Å²) in [5.74, 6) is 0. The van der Waals surface area contributed by atoms with Gasteiger partial charge in [0, 0.05) is 4.47 Å². The average Bonchev–Trinajstić information content (AvgIpc) is 2.59. The maximum Gasteiger partial charge on any atom is 0.0629 e. The third-order valence-electron chi connectivity index (χ3n) is 2.81. The maximum absolute atomic E-state index is 8.10. The molecule has 0 aliphatic rings. The van der Waals surface area contributed by atoms with Gasteiger partial charge in [0.25, 0.3) is 0 Å². The predicted octanol–water partition coefficient (Wildman–Crippen LogP) is 5.78. The molecular weight excluding hydrogens is 296 g/mol. The fourth-order valence-corrected chi connectivity index (χ4v) is 2.32. The van der Waals surface area contributed by atoms with Crippen LogP contribution in [0.2, 0.25) is 0 Å². The molecule has 3 aromatic rings. The molecule has 0 heterocycles. The molecule has 0 fully saturated rings. The zero-order valence-electron chi connectivity index (χ0n) is 15.0. The van der Waals surface area contributed by atoms with Crippen molar-refractivity contribution in [2.75, 3.05) is 0 Å². The summed E-state index contributed by atoms with van der Waals surface area (Å²) in [5, 5.41) is 0. The van der Waals surface area contributed by atoms with Gasteiger partial charge in [-0.15, -0.1) is 0 Å². The first kappa shape index (κ1) is 7.66. The first-order valence-electron chi connectivity index (χ1n) is 8.33. The fraction of sp³-hybridized carbons (Fsp3) is 0. The Balaban J connectivity index is 2.21. The van der Waals surface area contributed by atoms with Gasteiger partial charge in [0.1, 0.15) is 0 Å². The molecule has 92 valence electrons. The van der Waals surface area contributed by atoms with Crippen LogP contribution >= 0.6 is 15.9 Å². The minimum absolute atomic E-state index is 0.188. The molecule has 3 aromatic carbocycles. The number of halogens is 1. The van der Waals surface area contributed by atoms with Crippen molar-refractivity contribution in [2.24, 2.45) is 0 Å². The molecule has 0 N–H and O–H groups in total. The van der Waals surface area contributed by atoms with Crippen LogP contribution in [0.1, 0.15) is 6.85 Å². The SMILES string of the molecule is [2H]c1c([2H])c([2H])c(-c2cccc(-c3cccc(Br)c3)c2)c([2H])c1[2H]. The van der Waals surface area contributed by atoms with Gasteiger partial charge in [-0.25, -0.2) is 0 Å². The zero-order chi connectivity index (χ0) is 17.4. The molecule has 0 amide bonds. The highest BCUT2D eigenvalue weighted by Crippen LogP contribution is 2.27. The van der Waals surface area contributed by atoms with Crippen LogP contribution in [0.4, 0.5) is 0 Å². The lowest BCUT2D eigenvalue weighted by Crippen LogP contribution is -1.81. The van der Waals surface area contributed by atoms with Crippen molar-refractivity contribution in [1.29, 1.82) is 0 Å². The molecule has 0 bridgehead atoms. The Morgan fingerprint density at radius 3 is 1.95 bits per heavy atom. The summed E-state index contributed by atoms with van der Waals surface area (Å²) >= 11 is 3.44. The molecule has 3 rings (SSSR count). The van der Waals surface area contributed by atoms with Crippen LogP contribution in [0.15, 0.2) is 83.2 Å². The van der Waals surface area contributed by atoms with Gasteiger partial charge in [-0.1, -0.05) is 76.5 Å². The Kier molecular flexibility index (Phi) is 2.18. The largest absolute Gasteiger partial charge is 0.0629 e. The summed E-state index contributed by atoms with van der Waals surface area (Å²) in [6.07, 6.45) is 0. The molecule has 0 atom stereocenters. The van der Waals surface area contributed by atoms with Crippen LogP contribution in [-0.4, -0.2) is 0 Å². The highest BCUT2D eigenvalue weighted by Gasteiger charge is 2.01. The Labute approximate surface area is 128 Å². The maximum atomic E-state index is 8.10. The minimum Gasteiger partial charge on any atom is -0.0622 e. The number of hydrogen-bond donors (Lipinski definition) is 0. The van der Waals surface area contributed by atoms with Crippen LogP contribution in [-0.2, 0) is 0 Å². The lowest BCUT2D eigenvalue weighted by molar-refractivity contribution is 1.57. The quantitative estimate of drug-likeness (QED) is 0.562. The van der Waals surface area contributed by atoms with Gasteiger partial charge in [0.05, 0.1) is 6.85 Å². The summed E-state index contributed by atoms with van der Waals surface area (Å²) < 4.78 is 40.5. The Morgan fingerprint density at radius 1 is 0.684 bits per heavy atom. The van der Waals surface area contributed by atoms with E-state index in [2.05, 4.69) is 15.9 Å². The van der Waals surface area contributed by atoms with Crippen LogP contribution in [0.25, 0.3) is 22.3 Å². The van der Waals surface area contributed by atoms with Crippen molar-refractivity contribution < 1.29 is 6.85 Å². The molecule has 1 heteroatoms. The normalized spacial score (nSPS) is 14.1. The van der Waals surface area contributed by atoms with Crippen molar-refractivity contribution in [1.82, 2.24) is 0 Å². The van der Waals surface area contributed by atoms with Crippen molar-refractivity contribution in [3.8, 4) is 22.3 Å². The third kappa shape index (κ3) is 2.77. The van der Waals surface area contributed by atoms with Gasteiger partial charge < -0.3 is 0 Å². The van der Waals surface area contributed by atoms with E-state index in [1.807, 2.05) is 42.5 Å². The Hall–Kier alpha value is -1.86. The van der Waals surface area contributed by atoms with Crippen molar-refractivity contribution >= 4 is 15.9 Å². The summed E-state index contributed by atoms with van der Waals surface area (Å²) in [4.78, 5) is 0. The molecule has 0 radical (unpaired) electrons. The van der Waals surface area contributed by atoms with E-state index < -0.39 is 0 Å². The lowest BCUT2D eigenvalue weighted by atomic mass is 9.99. The molecule has 0 saturated carbocycles. The van der Waals surface area contributed by atoms with E-state index in [0.717, 1.165) is 15.6 Å². The minimum atomic E-state index is -0.378. The van der Waals surface area contributed by atoms with Crippen LogP contribution in [0.3, 0.4) is 0 Å². The molecule has 0 nitrogen and oxygen atoms in total. The lowest BCUT2D eigenvalue weighted by Gasteiger charge is -2.06. The van der Waals surface area contributed by atoms with Gasteiger partial charge >= 0.3 is 0 Å². The summed E-state index contributed by atoms with van der Waals surface area (Å²) in [7, 11) is 0. The van der Waals surface area contributed by atoms with E-state index in [-0.39, 0.29) is 35.8 Å². The topological polar surface area (TPSA) is 0 Å². The van der Waals surface area contributed by atoms with E-state index in [4.69, 9.17) is 6.85 Å². The van der Waals surface area contributed by atoms with E-state index in [1.54, 1.807) is 6.07 Å². The standard InChI is InChI=1S/C18H13Br/c19-18-11-5-10-17(13-18)16-9-4-8-15(12-16)14-6-2-1-3-7-14/h1-13H/i1D,2D,3D,6D,7D. The first-order chi connectivity index (χ1) is 11.4. The molecule has 0 saturated heterocycles. The molecule has 0 aliphatic carbocycles. The van der Waals surface area contributed by atoms with Crippen LogP contribution in [0, 0.1) is 0 Å². The second kappa shape index (κ2) is 5.41. The summed E-state index contributed by atoms with van der Waals surface area (Å²) in [5.41, 5.74) is 2.72. The fourth-order valence-electron chi connectivity index (χ4n) is 1.92. The summed E-state index contributed by atoms with van der Waals surface area (Å²) in [6, 6.07) is 13.8. The number of rotatable bonds is 2. The van der Waals surface area contributed by atoms with E-state index >= 15 is 0 Å². The van der Waals surface area contributed by atoms with Gasteiger partial charge in [0.2, 0.25) is 0 Å². The van der Waals surface area contributed by atoms with Crippen LogP contribution < -0.4 is 0 Å². The highest BCUT2D eigenvalue weighted by molar-refractivity contribution is 9.10. The van der Waals surface area contributed by atoms with E-state index in [9.17, 15) is 0 Å². The zero-order valence-corrected chi connectivity index (χ0v) is 11.6. The third-order valence-corrected chi connectivity index (χ3v) is 3.30. The average molecular weight is 314 g/mol. The number of benzene rings is 3. The highest BCUT2D eigenvalue weighted by atomic mass is 79.9. The van der Waals surface area contributed by atoms with Crippen molar-refractivity contribution in [3.63, 3.8) is 0 Å².